The number of anilines is 1. The number of aromatic nitrogens is 1. The van der Waals surface area contributed by atoms with Crippen molar-refractivity contribution >= 4 is 21.6 Å². The second-order valence-electron chi connectivity index (χ2n) is 4.00. The Balaban J connectivity index is 2.02. The number of furan rings is 1. The van der Waals surface area contributed by atoms with Crippen LogP contribution < -0.4 is 10.9 Å². The van der Waals surface area contributed by atoms with Crippen LogP contribution in [0.25, 0.3) is 0 Å². The summed E-state index contributed by atoms with van der Waals surface area (Å²) in [4.78, 5) is 11.6. The molecule has 0 aliphatic rings. The summed E-state index contributed by atoms with van der Waals surface area (Å²) in [5.41, 5.74) is 0.826. The highest BCUT2D eigenvalue weighted by Gasteiger charge is 2.01. The average Bonchev–Trinajstić information content (AvgIpc) is 2.82. The van der Waals surface area contributed by atoms with Crippen molar-refractivity contribution in [3.63, 3.8) is 0 Å². The van der Waals surface area contributed by atoms with Crippen molar-refractivity contribution in [2.45, 2.75) is 13.1 Å². The van der Waals surface area contributed by atoms with Gasteiger partial charge < -0.3 is 19.0 Å². The van der Waals surface area contributed by atoms with E-state index in [0.29, 0.717) is 24.4 Å². The summed E-state index contributed by atoms with van der Waals surface area (Å²) in [6.07, 6.45) is 1.78. The first-order valence-corrected chi connectivity index (χ1v) is 6.66. The summed E-state index contributed by atoms with van der Waals surface area (Å²) in [7, 11) is 1.61. The van der Waals surface area contributed by atoms with Crippen LogP contribution in [-0.2, 0) is 17.8 Å². The van der Waals surface area contributed by atoms with Crippen LogP contribution in [-0.4, -0.2) is 18.3 Å². The van der Waals surface area contributed by atoms with E-state index in [4.69, 9.17) is 9.15 Å². The molecule has 0 spiro atoms. The SMILES string of the molecule is COCCn1cc(NCc2ccc(Br)o2)ccc1=O. The van der Waals surface area contributed by atoms with Crippen molar-refractivity contribution in [3.8, 4) is 0 Å². The van der Waals surface area contributed by atoms with Crippen LogP contribution in [0.3, 0.4) is 0 Å². The summed E-state index contributed by atoms with van der Waals surface area (Å²) in [5, 5.41) is 3.20. The van der Waals surface area contributed by atoms with Crippen molar-refractivity contribution in [2.75, 3.05) is 19.0 Å². The van der Waals surface area contributed by atoms with E-state index < -0.39 is 0 Å². The van der Waals surface area contributed by atoms with Gasteiger partial charge in [0, 0.05) is 25.9 Å². The van der Waals surface area contributed by atoms with E-state index in [-0.39, 0.29) is 5.56 Å². The highest BCUT2D eigenvalue weighted by Crippen LogP contribution is 2.15. The lowest BCUT2D eigenvalue weighted by Gasteiger charge is -2.09. The molecule has 0 bridgehead atoms. The van der Waals surface area contributed by atoms with Gasteiger partial charge in [-0.1, -0.05) is 0 Å². The zero-order chi connectivity index (χ0) is 13.7. The lowest BCUT2D eigenvalue weighted by atomic mass is 10.3. The summed E-state index contributed by atoms with van der Waals surface area (Å²) in [6, 6.07) is 7.02. The Bertz CT molecular complexity index is 592. The van der Waals surface area contributed by atoms with Gasteiger partial charge in [0.2, 0.25) is 0 Å². The molecule has 1 N–H and O–H groups in total. The van der Waals surface area contributed by atoms with Gasteiger partial charge in [0.25, 0.3) is 5.56 Å². The molecule has 0 radical (unpaired) electrons. The second-order valence-corrected chi connectivity index (χ2v) is 4.78. The molecule has 0 saturated carbocycles. The first-order chi connectivity index (χ1) is 9.19. The van der Waals surface area contributed by atoms with Gasteiger partial charge in [0.05, 0.1) is 18.8 Å². The van der Waals surface area contributed by atoms with Gasteiger partial charge in [-0.25, -0.2) is 0 Å². The largest absolute Gasteiger partial charge is 0.452 e. The molecule has 2 heterocycles. The maximum absolute atomic E-state index is 11.6. The van der Waals surface area contributed by atoms with E-state index in [1.807, 2.05) is 12.1 Å². The maximum Gasteiger partial charge on any atom is 0.250 e. The lowest BCUT2D eigenvalue weighted by molar-refractivity contribution is 0.186. The van der Waals surface area contributed by atoms with Gasteiger partial charge in [-0.3, -0.25) is 4.79 Å². The van der Waals surface area contributed by atoms with Crippen LogP contribution in [0.4, 0.5) is 5.69 Å². The van der Waals surface area contributed by atoms with Crippen molar-refractivity contribution in [2.24, 2.45) is 0 Å². The van der Waals surface area contributed by atoms with Crippen LogP contribution in [0.1, 0.15) is 5.76 Å². The third-order valence-corrected chi connectivity index (χ3v) is 3.04. The van der Waals surface area contributed by atoms with Crippen LogP contribution in [0.5, 0.6) is 0 Å². The molecule has 0 fully saturated rings. The Morgan fingerprint density at radius 3 is 2.89 bits per heavy atom. The predicted octanol–water partition coefficient (Wildman–Crippen LogP) is 2.46. The van der Waals surface area contributed by atoms with E-state index in [0.717, 1.165) is 11.4 Å². The number of pyridine rings is 1. The molecule has 2 aromatic rings. The highest BCUT2D eigenvalue weighted by atomic mass is 79.9. The number of hydrogen-bond donors (Lipinski definition) is 1. The molecule has 0 aliphatic carbocycles. The first kappa shape index (κ1) is 13.9. The Kier molecular flexibility index (Phi) is 4.81. The molecule has 2 aromatic heterocycles. The van der Waals surface area contributed by atoms with Crippen molar-refractivity contribution in [3.05, 3.63) is 51.2 Å². The number of ether oxygens (including phenoxy) is 1. The molecule has 2 rings (SSSR count). The second kappa shape index (κ2) is 6.58. The Morgan fingerprint density at radius 1 is 1.37 bits per heavy atom. The third-order valence-electron chi connectivity index (χ3n) is 2.62. The Hall–Kier alpha value is -1.53. The standard InChI is InChI=1S/C13H15BrN2O3/c1-18-7-6-16-9-10(2-5-13(16)17)15-8-11-3-4-12(14)19-11/h2-5,9,15H,6-8H2,1H3. The minimum Gasteiger partial charge on any atom is -0.452 e. The molecule has 102 valence electrons. The van der Waals surface area contributed by atoms with Gasteiger partial charge in [-0.2, -0.15) is 0 Å². The zero-order valence-corrected chi connectivity index (χ0v) is 12.1. The molecule has 0 aromatic carbocycles. The average molecular weight is 327 g/mol. The molecule has 19 heavy (non-hydrogen) atoms. The predicted molar refractivity (Wildman–Crippen MR) is 76.3 cm³/mol. The first-order valence-electron chi connectivity index (χ1n) is 5.86. The fourth-order valence-corrected chi connectivity index (χ4v) is 1.98. The minimum atomic E-state index is -0.0386. The number of rotatable bonds is 6. The molecule has 0 atom stereocenters. The molecule has 6 heteroatoms. The highest BCUT2D eigenvalue weighted by molar-refractivity contribution is 9.10. The Morgan fingerprint density at radius 2 is 2.21 bits per heavy atom. The summed E-state index contributed by atoms with van der Waals surface area (Å²) in [5.74, 6) is 0.821. The number of methoxy groups -OCH3 is 1. The van der Waals surface area contributed by atoms with E-state index >= 15 is 0 Å². The van der Waals surface area contributed by atoms with E-state index in [9.17, 15) is 4.79 Å². The zero-order valence-electron chi connectivity index (χ0n) is 10.6. The van der Waals surface area contributed by atoms with Gasteiger partial charge >= 0.3 is 0 Å². The smallest absolute Gasteiger partial charge is 0.250 e. The van der Waals surface area contributed by atoms with E-state index in [2.05, 4.69) is 21.2 Å². The van der Waals surface area contributed by atoms with Crippen LogP contribution in [0.2, 0.25) is 0 Å². The van der Waals surface area contributed by atoms with Gasteiger partial charge in [0.1, 0.15) is 5.76 Å². The number of nitrogens with one attached hydrogen (secondary N) is 1. The van der Waals surface area contributed by atoms with Crippen LogP contribution in [0.15, 0.2) is 44.3 Å². The normalized spacial score (nSPS) is 10.6. The van der Waals surface area contributed by atoms with Gasteiger partial charge in [0.15, 0.2) is 4.67 Å². The fraction of sp³-hybridized carbons (Fsp3) is 0.308. The maximum atomic E-state index is 11.6. The molecule has 5 nitrogen and oxygen atoms in total. The molecule has 0 amide bonds. The molecule has 0 unspecified atom stereocenters. The van der Waals surface area contributed by atoms with Gasteiger partial charge in [-0.15, -0.1) is 0 Å². The fourth-order valence-electron chi connectivity index (χ4n) is 1.64. The van der Waals surface area contributed by atoms with Crippen LogP contribution >= 0.6 is 15.9 Å². The molecular weight excluding hydrogens is 312 g/mol. The van der Waals surface area contributed by atoms with Crippen LogP contribution in [0, 0.1) is 0 Å². The summed E-state index contributed by atoms with van der Waals surface area (Å²) in [6.45, 7) is 1.61. The minimum absolute atomic E-state index is 0.0386. The Labute approximate surface area is 119 Å². The number of halogens is 1. The molecular formula is C13H15BrN2O3. The summed E-state index contributed by atoms with van der Waals surface area (Å²) >= 11 is 3.25. The topological polar surface area (TPSA) is 56.4 Å². The monoisotopic (exact) mass is 326 g/mol. The van der Waals surface area contributed by atoms with Gasteiger partial charge in [-0.05, 0) is 34.1 Å². The van der Waals surface area contributed by atoms with Crippen molar-refractivity contribution in [1.29, 1.82) is 0 Å². The lowest BCUT2D eigenvalue weighted by Crippen LogP contribution is -2.21. The number of hydrogen-bond acceptors (Lipinski definition) is 4. The van der Waals surface area contributed by atoms with Crippen molar-refractivity contribution < 1.29 is 9.15 Å². The quantitative estimate of drug-likeness (QED) is 0.885. The van der Waals surface area contributed by atoms with E-state index in [1.165, 1.54) is 6.07 Å². The third kappa shape index (κ3) is 3.97. The number of nitrogens with zero attached hydrogens (tertiary/aromatic N) is 1. The molecule has 0 aliphatic heterocycles. The summed E-state index contributed by atoms with van der Waals surface area (Å²) < 4.78 is 12.7. The van der Waals surface area contributed by atoms with Crippen molar-refractivity contribution in [1.82, 2.24) is 4.57 Å². The van der Waals surface area contributed by atoms with E-state index in [1.54, 1.807) is 23.9 Å². The molecule has 0 saturated heterocycles.